The third-order valence-electron chi connectivity index (χ3n) is 8.82. The predicted molar refractivity (Wildman–Crippen MR) is 161 cm³/mol. The number of piperazine rings is 1. The molecular formula is C32H37BF7N3O6. The fourth-order valence-electron chi connectivity index (χ4n) is 6.28. The first kappa shape index (κ1) is 38.2. The molecule has 1 N–H and O–H groups in total. The van der Waals surface area contributed by atoms with Crippen LogP contribution in [0.15, 0.2) is 36.4 Å². The number of amides is 2. The summed E-state index contributed by atoms with van der Waals surface area (Å²) in [4.78, 5) is 38.9. The Balaban J connectivity index is 1.50. The van der Waals surface area contributed by atoms with E-state index in [2.05, 4.69) is 0 Å². The average molecular weight is 703 g/mol. The molecule has 1 aliphatic heterocycles. The van der Waals surface area contributed by atoms with Crippen molar-refractivity contribution in [3.05, 3.63) is 70.0 Å². The van der Waals surface area contributed by atoms with Crippen molar-refractivity contribution in [2.75, 3.05) is 26.7 Å². The highest BCUT2D eigenvalue weighted by Crippen LogP contribution is 2.38. The number of hydrogen-bond acceptors (Lipinski definition) is 6. The number of alkyl halides is 6. The van der Waals surface area contributed by atoms with Crippen molar-refractivity contribution in [3.8, 4) is 0 Å². The summed E-state index contributed by atoms with van der Waals surface area (Å²) in [6, 6.07) is 3.72. The van der Waals surface area contributed by atoms with Gasteiger partial charge in [-0.05, 0) is 99.4 Å². The van der Waals surface area contributed by atoms with Crippen LogP contribution in [0.5, 0.6) is 0 Å². The van der Waals surface area contributed by atoms with Gasteiger partial charge in [0.1, 0.15) is 19.3 Å². The number of nitrogens with zero attached hydrogens (tertiary/aromatic N) is 3. The van der Waals surface area contributed by atoms with Crippen LogP contribution in [0.2, 0.25) is 0 Å². The maximum atomic E-state index is 14.0. The molecule has 0 unspecified atom stereocenters. The Hall–Kier alpha value is -3.57. The number of aryl methyl sites for hydroxylation is 1. The highest BCUT2D eigenvalue weighted by molar-refractivity contribution is 6.15. The molecule has 268 valence electrons. The van der Waals surface area contributed by atoms with Gasteiger partial charge < -0.3 is 19.6 Å². The Kier molecular flexibility index (Phi) is 11.5. The summed E-state index contributed by atoms with van der Waals surface area (Å²) in [5.41, 5.74) is -4.37. The van der Waals surface area contributed by atoms with E-state index in [1.807, 2.05) is 6.92 Å². The van der Waals surface area contributed by atoms with Crippen LogP contribution >= 0.6 is 0 Å². The first-order chi connectivity index (χ1) is 22.7. The first-order valence-electron chi connectivity index (χ1n) is 15.6. The zero-order valence-electron chi connectivity index (χ0n) is 27.2. The Morgan fingerprint density at radius 2 is 1.57 bits per heavy atom. The lowest BCUT2D eigenvalue weighted by atomic mass is 9.70. The van der Waals surface area contributed by atoms with Crippen molar-refractivity contribution in [2.24, 2.45) is 0 Å². The number of rotatable bonds is 7. The van der Waals surface area contributed by atoms with Crippen molar-refractivity contribution < 1.29 is 60.0 Å². The van der Waals surface area contributed by atoms with Crippen molar-refractivity contribution in [1.29, 1.82) is 0 Å². The molecule has 1 saturated carbocycles. The second kappa shape index (κ2) is 14.7. The Labute approximate surface area is 280 Å². The summed E-state index contributed by atoms with van der Waals surface area (Å²) in [7, 11) is 7.38. The summed E-state index contributed by atoms with van der Waals surface area (Å²) in [6.07, 6.45) is -9.11. The van der Waals surface area contributed by atoms with E-state index in [4.69, 9.17) is 27.6 Å². The molecule has 4 rings (SSSR count). The van der Waals surface area contributed by atoms with E-state index in [0.29, 0.717) is 48.9 Å². The molecule has 2 fully saturated rings. The van der Waals surface area contributed by atoms with Gasteiger partial charge in [0.15, 0.2) is 0 Å². The highest BCUT2D eigenvalue weighted by atomic mass is 19.4. The van der Waals surface area contributed by atoms with Crippen molar-refractivity contribution in [2.45, 2.75) is 88.4 Å². The Morgan fingerprint density at radius 1 is 0.980 bits per heavy atom. The zero-order valence-corrected chi connectivity index (χ0v) is 27.2. The van der Waals surface area contributed by atoms with Gasteiger partial charge in [-0.15, -0.1) is 4.99 Å². The molecule has 2 radical (unpaired) electrons. The lowest BCUT2D eigenvalue weighted by Gasteiger charge is -2.43. The molecule has 0 spiro atoms. The lowest BCUT2D eigenvalue weighted by Crippen LogP contribution is -2.54. The van der Waals surface area contributed by atoms with Crippen LogP contribution in [-0.2, 0) is 33.5 Å². The van der Waals surface area contributed by atoms with Gasteiger partial charge in [-0.2, -0.15) is 31.4 Å². The Morgan fingerprint density at radius 3 is 2.10 bits per heavy atom. The summed E-state index contributed by atoms with van der Waals surface area (Å²) in [5.74, 6) is -0.513. The summed E-state index contributed by atoms with van der Waals surface area (Å²) in [6.45, 7) is 3.09. The van der Waals surface area contributed by atoms with Gasteiger partial charge in [-0.3, -0.25) is 0 Å². The monoisotopic (exact) mass is 703 g/mol. The number of hydroxylamine groups is 2. The van der Waals surface area contributed by atoms with E-state index in [-0.39, 0.29) is 44.1 Å². The number of carboxylic acid groups (broad SMARTS) is 1. The molecule has 9 nitrogen and oxygen atoms in total. The van der Waals surface area contributed by atoms with Gasteiger partial charge in [0, 0.05) is 26.7 Å². The van der Waals surface area contributed by atoms with E-state index in [0.717, 1.165) is 4.90 Å². The van der Waals surface area contributed by atoms with Gasteiger partial charge in [0.05, 0.1) is 29.2 Å². The SMILES string of the molecule is [B]C1(OC(=O)O)CCCC(C)(OON2CCN(C(=O)N(C)Cc3cc(C(F)(F)F)cc(C(F)(F)F)c3)[C@@H](c3ccc(F)cc3C)C2)CCC1. The van der Waals surface area contributed by atoms with Gasteiger partial charge in [0.2, 0.25) is 0 Å². The van der Waals surface area contributed by atoms with Gasteiger partial charge in [-0.25, -0.2) is 18.9 Å². The maximum absolute atomic E-state index is 14.0. The molecule has 2 amide bonds. The number of hydrogen-bond donors (Lipinski definition) is 1. The average Bonchev–Trinajstić information content (AvgIpc) is 2.97. The fourth-order valence-corrected chi connectivity index (χ4v) is 6.28. The van der Waals surface area contributed by atoms with Gasteiger partial charge in [0.25, 0.3) is 0 Å². The molecule has 49 heavy (non-hydrogen) atoms. The second-order valence-electron chi connectivity index (χ2n) is 12.9. The summed E-state index contributed by atoms with van der Waals surface area (Å²) >= 11 is 0. The third kappa shape index (κ3) is 10.0. The number of halogens is 7. The van der Waals surface area contributed by atoms with Crippen LogP contribution in [0.1, 0.15) is 79.3 Å². The van der Waals surface area contributed by atoms with Crippen LogP contribution in [-0.4, -0.2) is 77.8 Å². The normalized spacial score (nSPS) is 24.2. The third-order valence-corrected chi connectivity index (χ3v) is 8.82. The molecule has 0 aromatic heterocycles. The molecule has 1 heterocycles. The number of carbonyl (C=O) groups is 2. The van der Waals surface area contributed by atoms with Crippen LogP contribution < -0.4 is 0 Å². The molecule has 1 atom stereocenters. The smallest absolute Gasteiger partial charge is 0.450 e. The molecule has 1 aliphatic carbocycles. The molecule has 17 heteroatoms. The minimum Gasteiger partial charge on any atom is -0.450 e. The van der Waals surface area contributed by atoms with E-state index in [9.17, 15) is 40.3 Å². The van der Waals surface area contributed by atoms with Crippen LogP contribution in [0.3, 0.4) is 0 Å². The largest absolute Gasteiger partial charge is 0.505 e. The van der Waals surface area contributed by atoms with Gasteiger partial charge in [-0.1, -0.05) is 6.07 Å². The zero-order chi connectivity index (χ0) is 36.4. The van der Waals surface area contributed by atoms with Crippen LogP contribution in [0, 0.1) is 12.7 Å². The summed E-state index contributed by atoms with van der Waals surface area (Å²) in [5, 5.41) is 10.5. The highest BCUT2D eigenvalue weighted by Gasteiger charge is 2.40. The fraction of sp³-hybridized carbons (Fsp3) is 0.562. The van der Waals surface area contributed by atoms with Crippen molar-refractivity contribution in [1.82, 2.24) is 14.9 Å². The second-order valence-corrected chi connectivity index (χ2v) is 12.9. The van der Waals surface area contributed by atoms with E-state index in [1.54, 1.807) is 6.92 Å². The maximum Gasteiger partial charge on any atom is 0.505 e. The number of carbonyl (C=O) groups excluding carboxylic acids is 1. The molecule has 2 aromatic carbocycles. The number of ether oxygens (including phenoxy) is 1. The predicted octanol–water partition coefficient (Wildman–Crippen LogP) is 7.62. The first-order valence-corrected chi connectivity index (χ1v) is 15.6. The topological polar surface area (TPSA) is 91.8 Å². The van der Waals surface area contributed by atoms with Gasteiger partial charge >= 0.3 is 24.5 Å². The molecule has 2 aliphatic rings. The van der Waals surface area contributed by atoms with Crippen LogP contribution in [0.25, 0.3) is 0 Å². The quantitative estimate of drug-likeness (QED) is 0.104. The standard InChI is InChI=1S/C32H37BF7N3O6/c1-20-14-24(34)6-7-25(20)26-19-42(49-48-29(2)8-4-10-30(33,11-5-9-29)47-28(45)46)12-13-43(26)27(44)41(3)18-21-15-22(31(35,36)37)17-23(16-21)32(38,39)40/h6-7,14-17,26H,4-5,8-13,18-19H2,1-3H3,(H,45,46)/t26-,29?,30?/m1/s1. The lowest BCUT2D eigenvalue weighted by molar-refractivity contribution is -0.472. The molecule has 0 bridgehead atoms. The molecular weight excluding hydrogens is 666 g/mol. The van der Waals surface area contributed by atoms with Crippen molar-refractivity contribution in [3.63, 3.8) is 0 Å². The van der Waals surface area contributed by atoms with Crippen molar-refractivity contribution >= 4 is 20.0 Å². The van der Waals surface area contributed by atoms with E-state index < -0.39 is 65.2 Å². The number of urea groups is 1. The number of benzene rings is 2. The minimum absolute atomic E-state index is 0.0172. The van der Waals surface area contributed by atoms with Crippen LogP contribution in [0.4, 0.5) is 40.3 Å². The molecule has 1 saturated heterocycles. The molecule has 2 aromatic rings. The van der Waals surface area contributed by atoms with E-state index in [1.165, 1.54) is 35.2 Å². The minimum atomic E-state index is -5.04. The Bertz CT molecular complexity index is 1470. The van der Waals surface area contributed by atoms with E-state index >= 15 is 0 Å². The summed E-state index contributed by atoms with van der Waals surface area (Å²) < 4.78 is 99.6.